The minimum atomic E-state index is -0.638. The third-order valence-electron chi connectivity index (χ3n) is 4.01. The molecule has 1 aliphatic rings. The van der Waals surface area contributed by atoms with E-state index in [4.69, 9.17) is 0 Å². The molecule has 1 saturated carbocycles. The summed E-state index contributed by atoms with van der Waals surface area (Å²) in [6.45, 7) is 4.46. The maximum atomic E-state index is 11.6. The highest BCUT2D eigenvalue weighted by molar-refractivity contribution is 7.09. The summed E-state index contributed by atoms with van der Waals surface area (Å²) < 4.78 is 0. The summed E-state index contributed by atoms with van der Waals surface area (Å²) in [7, 11) is 0. The minimum Gasteiger partial charge on any atom is -0.481 e. The maximum absolute atomic E-state index is 11.6. The summed E-state index contributed by atoms with van der Waals surface area (Å²) in [6.07, 6.45) is 6.01. The van der Waals surface area contributed by atoms with E-state index in [1.54, 1.807) is 23.0 Å². The van der Waals surface area contributed by atoms with Crippen LogP contribution in [0.25, 0.3) is 0 Å². The zero-order valence-electron chi connectivity index (χ0n) is 10.4. The number of carboxylic acid groups (broad SMARTS) is 1. The minimum absolute atomic E-state index is 0.298. The van der Waals surface area contributed by atoms with Crippen LogP contribution in [0.3, 0.4) is 0 Å². The van der Waals surface area contributed by atoms with Gasteiger partial charge < -0.3 is 5.11 Å². The van der Waals surface area contributed by atoms with Crippen molar-refractivity contribution in [3.8, 4) is 0 Å². The van der Waals surface area contributed by atoms with Crippen molar-refractivity contribution < 1.29 is 9.90 Å². The lowest BCUT2D eigenvalue weighted by Crippen LogP contribution is -2.39. The highest BCUT2D eigenvalue weighted by Crippen LogP contribution is 2.47. The lowest BCUT2D eigenvalue weighted by molar-refractivity contribution is -0.152. The summed E-state index contributed by atoms with van der Waals surface area (Å²) in [5, 5.41) is 9.54. The first-order valence-corrected chi connectivity index (χ1v) is 6.92. The quantitative estimate of drug-likeness (QED) is 0.898. The number of hydrogen-bond acceptors (Lipinski definition) is 3. The van der Waals surface area contributed by atoms with E-state index in [1.807, 2.05) is 0 Å². The number of thiazole rings is 1. The molecular formula is C13H19NO2S. The highest BCUT2D eigenvalue weighted by atomic mass is 32.1. The van der Waals surface area contributed by atoms with Crippen LogP contribution in [0.1, 0.15) is 44.4 Å². The van der Waals surface area contributed by atoms with Crippen LogP contribution in [0.5, 0.6) is 0 Å². The third kappa shape index (κ3) is 2.68. The van der Waals surface area contributed by atoms with Gasteiger partial charge in [0.05, 0.1) is 10.9 Å². The molecule has 1 aliphatic carbocycles. The van der Waals surface area contributed by atoms with E-state index >= 15 is 0 Å². The van der Waals surface area contributed by atoms with Crippen molar-refractivity contribution in [3.05, 3.63) is 16.6 Å². The number of hydrogen-bond donors (Lipinski definition) is 1. The molecule has 0 saturated heterocycles. The van der Waals surface area contributed by atoms with Gasteiger partial charge in [-0.3, -0.25) is 9.78 Å². The Balaban J connectivity index is 2.15. The molecule has 0 amide bonds. The van der Waals surface area contributed by atoms with Crippen LogP contribution in [0.15, 0.2) is 11.7 Å². The van der Waals surface area contributed by atoms with Crippen LogP contribution in [0.2, 0.25) is 0 Å². The predicted molar refractivity (Wildman–Crippen MR) is 68.1 cm³/mol. The molecule has 3 nitrogen and oxygen atoms in total. The van der Waals surface area contributed by atoms with Crippen LogP contribution in [0, 0.1) is 10.8 Å². The van der Waals surface area contributed by atoms with Crippen molar-refractivity contribution in [1.82, 2.24) is 4.98 Å². The van der Waals surface area contributed by atoms with Gasteiger partial charge in [0.1, 0.15) is 0 Å². The van der Waals surface area contributed by atoms with Crippen molar-refractivity contribution in [3.63, 3.8) is 0 Å². The average Bonchev–Trinajstić information content (AvgIpc) is 2.74. The van der Waals surface area contributed by atoms with Crippen LogP contribution >= 0.6 is 11.3 Å². The van der Waals surface area contributed by atoms with Crippen LogP contribution < -0.4 is 0 Å². The summed E-state index contributed by atoms with van der Waals surface area (Å²) in [4.78, 5) is 16.7. The first kappa shape index (κ1) is 12.6. The van der Waals surface area contributed by atoms with Gasteiger partial charge >= 0.3 is 5.97 Å². The fourth-order valence-corrected chi connectivity index (χ4v) is 3.27. The normalized spacial score (nSPS) is 22.2. The Labute approximate surface area is 106 Å². The second-order valence-corrected chi connectivity index (χ2v) is 6.87. The van der Waals surface area contributed by atoms with Crippen molar-refractivity contribution in [2.45, 2.75) is 46.0 Å². The Morgan fingerprint density at radius 1 is 1.41 bits per heavy atom. The number of rotatable bonds is 3. The van der Waals surface area contributed by atoms with Gasteiger partial charge in [-0.25, -0.2) is 0 Å². The fraction of sp³-hybridized carbons (Fsp3) is 0.692. The Morgan fingerprint density at radius 3 is 2.53 bits per heavy atom. The van der Waals surface area contributed by atoms with Gasteiger partial charge in [-0.15, -0.1) is 11.3 Å². The van der Waals surface area contributed by atoms with Crippen molar-refractivity contribution in [1.29, 1.82) is 0 Å². The van der Waals surface area contributed by atoms with E-state index in [9.17, 15) is 9.90 Å². The molecule has 0 bridgehead atoms. The van der Waals surface area contributed by atoms with Crippen molar-refractivity contribution in [2.75, 3.05) is 0 Å². The first-order chi connectivity index (χ1) is 7.94. The lowest BCUT2D eigenvalue weighted by atomic mass is 9.63. The SMILES string of the molecule is CC1(C)CCC(Cc2cncs2)(C(=O)O)CC1. The summed E-state index contributed by atoms with van der Waals surface area (Å²) in [5.41, 5.74) is 1.52. The van der Waals surface area contributed by atoms with E-state index in [-0.39, 0.29) is 0 Å². The summed E-state index contributed by atoms with van der Waals surface area (Å²) >= 11 is 1.56. The summed E-state index contributed by atoms with van der Waals surface area (Å²) in [5.74, 6) is -0.638. The molecule has 17 heavy (non-hydrogen) atoms. The number of aliphatic carboxylic acids is 1. The van der Waals surface area contributed by atoms with Gasteiger partial charge in [0.25, 0.3) is 0 Å². The number of carboxylic acids is 1. The second-order valence-electron chi connectivity index (χ2n) is 5.89. The highest BCUT2D eigenvalue weighted by Gasteiger charge is 2.44. The monoisotopic (exact) mass is 253 g/mol. The zero-order valence-corrected chi connectivity index (χ0v) is 11.2. The van der Waals surface area contributed by atoms with Crippen molar-refractivity contribution in [2.24, 2.45) is 10.8 Å². The predicted octanol–water partition coefficient (Wildman–Crippen LogP) is 3.36. The van der Waals surface area contributed by atoms with Gasteiger partial charge in [0, 0.05) is 11.1 Å². The smallest absolute Gasteiger partial charge is 0.309 e. The molecule has 0 aliphatic heterocycles. The molecule has 0 spiro atoms. The molecule has 1 heterocycles. The third-order valence-corrected chi connectivity index (χ3v) is 4.79. The molecule has 2 rings (SSSR count). The summed E-state index contributed by atoms with van der Waals surface area (Å²) in [6, 6.07) is 0. The molecule has 0 aromatic carbocycles. The van der Waals surface area contributed by atoms with E-state index in [1.165, 1.54) is 0 Å². The maximum Gasteiger partial charge on any atom is 0.309 e. The molecule has 0 radical (unpaired) electrons. The number of aromatic nitrogens is 1. The van der Waals surface area contributed by atoms with Gasteiger partial charge in [0.15, 0.2) is 0 Å². The molecule has 1 aromatic heterocycles. The van der Waals surface area contributed by atoms with E-state index in [0.29, 0.717) is 11.8 Å². The standard InChI is InChI=1S/C13H19NO2S/c1-12(2)3-5-13(6-4-12,11(15)16)7-10-8-14-9-17-10/h8-9H,3-7H2,1-2H3,(H,15,16). The Bertz CT molecular complexity index is 388. The van der Waals surface area contributed by atoms with E-state index in [0.717, 1.165) is 30.6 Å². The zero-order chi connectivity index (χ0) is 12.5. The van der Waals surface area contributed by atoms with Crippen LogP contribution in [-0.2, 0) is 11.2 Å². The molecule has 4 heteroatoms. The van der Waals surface area contributed by atoms with Crippen LogP contribution in [0.4, 0.5) is 0 Å². The van der Waals surface area contributed by atoms with Gasteiger partial charge in [-0.05, 0) is 37.5 Å². The second kappa shape index (κ2) is 4.41. The largest absolute Gasteiger partial charge is 0.481 e. The van der Waals surface area contributed by atoms with Gasteiger partial charge in [0.2, 0.25) is 0 Å². The molecule has 1 N–H and O–H groups in total. The Hall–Kier alpha value is -0.900. The van der Waals surface area contributed by atoms with Crippen LogP contribution in [-0.4, -0.2) is 16.1 Å². The lowest BCUT2D eigenvalue weighted by Gasteiger charge is -2.40. The molecule has 94 valence electrons. The fourth-order valence-electron chi connectivity index (χ4n) is 2.53. The molecule has 1 fully saturated rings. The number of carbonyl (C=O) groups is 1. The molecule has 0 atom stereocenters. The van der Waals surface area contributed by atoms with Gasteiger partial charge in [-0.1, -0.05) is 13.8 Å². The first-order valence-electron chi connectivity index (χ1n) is 6.04. The van der Waals surface area contributed by atoms with Crippen molar-refractivity contribution >= 4 is 17.3 Å². The average molecular weight is 253 g/mol. The molecule has 0 unspecified atom stereocenters. The molecular weight excluding hydrogens is 234 g/mol. The van der Waals surface area contributed by atoms with E-state index < -0.39 is 11.4 Å². The Kier molecular flexibility index (Phi) is 3.25. The topological polar surface area (TPSA) is 50.2 Å². The van der Waals surface area contributed by atoms with E-state index in [2.05, 4.69) is 18.8 Å². The molecule has 1 aromatic rings. The van der Waals surface area contributed by atoms with Gasteiger partial charge in [-0.2, -0.15) is 0 Å². The Morgan fingerprint density at radius 2 is 2.06 bits per heavy atom. The number of nitrogens with zero attached hydrogens (tertiary/aromatic N) is 1.